The number of hydrogen-bond donors (Lipinski definition) is 1. The quantitative estimate of drug-likeness (QED) is 0.836. The van der Waals surface area contributed by atoms with Gasteiger partial charge in [-0.3, -0.25) is 0 Å². The van der Waals surface area contributed by atoms with Crippen LogP contribution in [-0.2, 0) is 5.41 Å². The smallest absolute Gasteiger partial charge is 0.0273 e. The zero-order chi connectivity index (χ0) is 12.3. The van der Waals surface area contributed by atoms with Gasteiger partial charge in [0.15, 0.2) is 0 Å². The van der Waals surface area contributed by atoms with E-state index in [4.69, 9.17) is 0 Å². The van der Waals surface area contributed by atoms with E-state index in [0.29, 0.717) is 6.04 Å². The van der Waals surface area contributed by atoms with Crippen LogP contribution in [0.15, 0.2) is 17.7 Å². The Bertz CT molecular complexity index is 368. The van der Waals surface area contributed by atoms with Gasteiger partial charge in [0.25, 0.3) is 0 Å². The number of thiophene rings is 1. The van der Waals surface area contributed by atoms with Gasteiger partial charge in [-0.25, -0.2) is 0 Å². The molecule has 0 aliphatic carbocycles. The van der Waals surface area contributed by atoms with Crippen LogP contribution in [0.25, 0.3) is 6.08 Å². The van der Waals surface area contributed by atoms with E-state index in [1.54, 1.807) is 0 Å². The maximum atomic E-state index is 3.26. The van der Waals surface area contributed by atoms with Crippen molar-refractivity contribution in [3.05, 3.63) is 27.5 Å². The lowest BCUT2D eigenvalue weighted by Crippen LogP contribution is -2.21. The third-order valence-corrected chi connectivity index (χ3v) is 4.31. The fraction of sp³-hybridized carbons (Fsp3) is 0.571. The maximum absolute atomic E-state index is 3.26. The minimum absolute atomic E-state index is 0.263. The van der Waals surface area contributed by atoms with Gasteiger partial charge in [0.2, 0.25) is 0 Å². The molecule has 1 aromatic heterocycles. The number of hydrogen-bond acceptors (Lipinski definition) is 2. The molecule has 2 heteroatoms. The van der Waals surface area contributed by atoms with E-state index in [1.165, 1.54) is 15.3 Å². The van der Waals surface area contributed by atoms with Crippen molar-refractivity contribution in [3.63, 3.8) is 0 Å². The molecule has 90 valence electrons. The van der Waals surface area contributed by atoms with Crippen molar-refractivity contribution >= 4 is 17.4 Å². The Morgan fingerprint density at radius 2 is 2.00 bits per heavy atom. The molecule has 1 N–H and O–H groups in total. The highest BCUT2D eigenvalue weighted by Gasteiger charge is 2.15. The minimum atomic E-state index is 0.263. The van der Waals surface area contributed by atoms with Crippen LogP contribution >= 0.6 is 11.3 Å². The zero-order valence-corrected chi connectivity index (χ0v) is 12.0. The Morgan fingerprint density at radius 3 is 2.44 bits per heavy atom. The van der Waals surface area contributed by atoms with Crippen molar-refractivity contribution in [1.29, 1.82) is 0 Å². The largest absolute Gasteiger partial charge is 0.314 e. The average molecular weight is 237 g/mol. The average Bonchev–Trinajstić information content (AvgIpc) is 2.64. The molecule has 0 bridgehead atoms. The first-order valence-electron chi connectivity index (χ1n) is 5.80. The molecule has 0 spiro atoms. The lowest BCUT2D eigenvalue weighted by atomic mass is 9.95. The van der Waals surface area contributed by atoms with E-state index in [1.807, 2.05) is 18.4 Å². The molecule has 1 rings (SSSR count). The van der Waals surface area contributed by atoms with Gasteiger partial charge in [0.05, 0.1) is 0 Å². The van der Waals surface area contributed by atoms with Crippen LogP contribution in [-0.4, -0.2) is 13.1 Å². The molecule has 1 unspecified atom stereocenters. The highest BCUT2D eigenvalue weighted by molar-refractivity contribution is 7.13. The summed E-state index contributed by atoms with van der Waals surface area (Å²) in [5.74, 6) is 0. The summed E-state index contributed by atoms with van der Waals surface area (Å²) in [5, 5.41) is 3.26. The molecule has 0 aliphatic heterocycles. The summed E-state index contributed by atoms with van der Waals surface area (Å²) in [7, 11) is 2.00. The summed E-state index contributed by atoms with van der Waals surface area (Å²) in [5.41, 5.74) is 1.64. The van der Waals surface area contributed by atoms with E-state index in [0.717, 1.165) is 0 Å². The number of nitrogens with one attached hydrogen (secondary N) is 1. The molecule has 0 saturated heterocycles. The number of likely N-dealkylation sites (N-methyl/N-ethyl adjacent to an activating group) is 1. The van der Waals surface area contributed by atoms with Gasteiger partial charge in [-0.15, -0.1) is 11.3 Å². The first-order valence-corrected chi connectivity index (χ1v) is 6.62. The Hall–Kier alpha value is -0.600. The molecule has 0 fully saturated rings. The lowest BCUT2D eigenvalue weighted by molar-refractivity contribution is 0.604. The predicted molar refractivity (Wildman–Crippen MR) is 75.2 cm³/mol. The monoisotopic (exact) mass is 237 g/mol. The highest BCUT2D eigenvalue weighted by Crippen LogP contribution is 2.30. The Balaban J connectivity index is 2.87. The maximum Gasteiger partial charge on any atom is 0.0273 e. The predicted octanol–water partition coefficient (Wildman–Crippen LogP) is 4.06. The van der Waals surface area contributed by atoms with Gasteiger partial charge in [0, 0.05) is 15.8 Å². The third-order valence-electron chi connectivity index (χ3n) is 2.85. The summed E-state index contributed by atoms with van der Waals surface area (Å²) < 4.78 is 0. The first kappa shape index (κ1) is 13.5. The van der Waals surface area contributed by atoms with E-state index in [2.05, 4.69) is 58.1 Å². The van der Waals surface area contributed by atoms with Crippen LogP contribution in [0, 0.1) is 0 Å². The van der Waals surface area contributed by atoms with Crippen LogP contribution < -0.4 is 5.32 Å². The molecule has 1 atom stereocenters. The molecular formula is C14H23NS. The van der Waals surface area contributed by atoms with Crippen LogP contribution in [0.5, 0.6) is 0 Å². The molecule has 0 amide bonds. The fourth-order valence-corrected chi connectivity index (χ4v) is 2.49. The van der Waals surface area contributed by atoms with Gasteiger partial charge < -0.3 is 5.32 Å². The van der Waals surface area contributed by atoms with Gasteiger partial charge >= 0.3 is 0 Å². The Kier molecular flexibility index (Phi) is 4.34. The Morgan fingerprint density at radius 1 is 1.38 bits per heavy atom. The van der Waals surface area contributed by atoms with Crippen molar-refractivity contribution in [2.45, 2.75) is 46.1 Å². The zero-order valence-electron chi connectivity index (χ0n) is 11.2. The van der Waals surface area contributed by atoms with Crippen molar-refractivity contribution < 1.29 is 0 Å². The van der Waals surface area contributed by atoms with Crippen LogP contribution in [0.1, 0.15) is 44.4 Å². The molecular weight excluding hydrogens is 214 g/mol. The van der Waals surface area contributed by atoms with Crippen molar-refractivity contribution in [2.75, 3.05) is 7.05 Å². The van der Waals surface area contributed by atoms with Crippen LogP contribution in [0.2, 0.25) is 0 Å². The normalized spacial score (nSPS) is 15.2. The second-order valence-electron chi connectivity index (χ2n) is 5.35. The van der Waals surface area contributed by atoms with Crippen molar-refractivity contribution in [2.24, 2.45) is 0 Å². The summed E-state index contributed by atoms with van der Waals surface area (Å²) >= 11 is 1.89. The molecule has 0 saturated carbocycles. The summed E-state index contributed by atoms with van der Waals surface area (Å²) in [6.07, 6.45) is 2.28. The first-order chi connectivity index (χ1) is 7.34. The van der Waals surface area contributed by atoms with Crippen molar-refractivity contribution in [3.8, 4) is 0 Å². The molecule has 0 radical (unpaired) electrons. The van der Waals surface area contributed by atoms with Gasteiger partial charge in [-0.2, -0.15) is 0 Å². The van der Waals surface area contributed by atoms with Gasteiger partial charge in [-0.05, 0) is 44.5 Å². The van der Waals surface area contributed by atoms with Gasteiger partial charge in [0.1, 0.15) is 0 Å². The summed E-state index contributed by atoms with van der Waals surface area (Å²) in [6.45, 7) is 11.1. The fourth-order valence-electron chi connectivity index (χ4n) is 1.41. The SMILES string of the molecule is CNC(C)/C(C)=C/c1ccc(C(C)(C)C)s1. The third kappa shape index (κ3) is 3.46. The molecule has 1 nitrogen and oxygen atoms in total. The standard InChI is InChI=1S/C14H23NS/c1-10(11(2)15-6)9-12-7-8-13(16-12)14(3,4)5/h7-9,11,15H,1-6H3/b10-9+. The van der Waals surface area contributed by atoms with Gasteiger partial charge in [-0.1, -0.05) is 26.3 Å². The van der Waals surface area contributed by atoms with E-state index in [9.17, 15) is 0 Å². The number of rotatable bonds is 3. The lowest BCUT2D eigenvalue weighted by Gasteiger charge is -2.15. The van der Waals surface area contributed by atoms with E-state index in [-0.39, 0.29) is 5.41 Å². The van der Waals surface area contributed by atoms with Crippen LogP contribution in [0.3, 0.4) is 0 Å². The van der Waals surface area contributed by atoms with Crippen LogP contribution in [0.4, 0.5) is 0 Å². The van der Waals surface area contributed by atoms with E-state index < -0.39 is 0 Å². The second-order valence-corrected chi connectivity index (χ2v) is 6.47. The Labute approximate surface area is 104 Å². The molecule has 16 heavy (non-hydrogen) atoms. The van der Waals surface area contributed by atoms with E-state index >= 15 is 0 Å². The molecule has 0 aromatic carbocycles. The van der Waals surface area contributed by atoms with Crippen molar-refractivity contribution in [1.82, 2.24) is 5.32 Å². The summed E-state index contributed by atoms with van der Waals surface area (Å²) in [6, 6.07) is 4.91. The topological polar surface area (TPSA) is 12.0 Å². The molecule has 1 aromatic rings. The highest BCUT2D eigenvalue weighted by atomic mass is 32.1. The molecule has 0 aliphatic rings. The minimum Gasteiger partial charge on any atom is -0.314 e. The molecule has 1 heterocycles. The second kappa shape index (κ2) is 5.15. The summed E-state index contributed by atoms with van der Waals surface area (Å²) in [4.78, 5) is 2.80.